The van der Waals surface area contributed by atoms with Gasteiger partial charge in [0.2, 0.25) is 5.91 Å². The first-order valence-electron chi connectivity index (χ1n) is 6.87. The average molecular weight is 283 g/mol. The van der Waals surface area contributed by atoms with E-state index in [1.54, 1.807) is 0 Å². The van der Waals surface area contributed by atoms with Gasteiger partial charge in [0.1, 0.15) is 0 Å². The summed E-state index contributed by atoms with van der Waals surface area (Å²) < 4.78 is 0. The van der Waals surface area contributed by atoms with Crippen molar-refractivity contribution in [1.82, 2.24) is 4.98 Å². The number of anilines is 1. The second kappa shape index (κ2) is 7.60. The Morgan fingerprint density at radius 2 is 2.11 bits per heavy atom. The first kappa shape index (κ1) is 16.1. The minimum atomic E-state index is 0.0146. The number of carbonyl (C=O) groups is 1. The molecule has 19 heavy (non-hydrogen) atoms. The normalized spacial score (nSPS) is 13.0. The van der Waals surface area contributed by atoms with Crippen LogP contribution in [-0.2, 0) is 4.79 Å². The zero-order chi connectivity index (χ0) is 14.4. The van der Waals surface area contributed by atoms with E-state index in [0.717, 1.165) is 12.1 Å². The highest BCUT2D eigenvalue weighted by Gasteiger charge is 2.15. The van der Waals surface area contributed by atoms with E-state index >= 15 is 0 Å². The zero-order valence-corrected chi connectivity index (χ0v) is 13.1. The van der Waals surface area contributed by atoms with Gasteiger partial charge >= 0.3 is 0 Å². The van der Waals surface area contributed by atoms with Crippen molar-refractivity contribution in [2.75, 3.05) is 11.9 Å². The number of nitrogens with two attached hydrogens (primary N) is 1. The molecule has 0 aliphatic rings. The van der Waals surface area contributed by atoms with Gasteiger partial charge in [-0.05, 0) is 30.7 Å². The standard InChI is InChI=1S/C14H25N3OS/c1-9(2)5-11(7-15)6-13(18)17-14-16-12(8-19-14)10(3)4/h8-11H,5-7,15H2,1-4H3,(H,16,17,18)/t11-/m0/s1. The Labute approximate surface area is 119 Å². The molecule has 0 aliphatic heterocycles. The Kier molecular flexibility index (Phi) is 6.45. The highest BCUT2D eigenvalue weighted by Crippen LogP contribution is 2.22. The summed E-state index contributed by atoms with van der Waals surface area (Å²) in [4.78, 5) is 16.3. The number of nitrogens with zero attached hydrogens (tertiary/aromatic N) is 1. The molecule has 0 spiro atoms. The number of hydrogen-bond donors (Lipinski definition) is 2. The molecule has 1 aromatic heterocycles. The molecule has 1 heterocycles. The molecule has 0 bridgehead atoms. The second-order valence-corrected chi connectivity index (χ2v) is 6.57. The fourth-order valence-corrected chi connectivity index (χ4v) is 2.86. The van der Waals surface area contributed by atoms with E-state index in [1.165, 1.54) is 11.3 Å². The lowest BCUT2D eigenvalue weighted by atomic mass is 9.94. The van der Waals surface area contributed by atoms with E-state index in [0.29, 0.717) is 29.9 Å². The predicted octanol–water partition coefficient (Wildman–Crippen LogP) is 3.22. The van der Waals surface area contributed by atoms with Gasteiger partial charge in [0, 0.05) is 11.8 Å². The van der Waals surface area contributed by atoms with Gasteiger partial charge < -0.3 is 11.1 Å². The van der Waals surface area contributed by atoms with Crippen LogP contribution in [0.2, 0.25) is 0 Å². The van der Waals surface area contributed by atoms with Crippen LogP contribution in [0.4, 0.5) is 5.13 Å². The SMILES string of the molecule is CC(C)C[C@H](CN)CC(=O)Nc1nc(C(C)C)cs1. The first-order chi connectivity index (χ1) is 8.92. The van der Waals surface area contributed by atoms with Gasteiger partial charge in [-0.3, -0.25) is 4.79 Å². The topological polar surface area (TPSA) is 68.0 Å². The molecule has 0 radical (unpaired) electrons. The van der Waals surface area contributed by atoms with Gasteiger partial charge in [0.25, 0.3) is 0 Å². The maximum absolute atomic E-state index is 11.9. The highest BCUT2D eigenvalue weighted by molar-refractivity contribution is 7.13. The number of nitrogens with one attached hydrogen (secondary N) is 1. The Bertz CT molecular complexity index is 401. The number of thiazole rings is 1. The molecule has 0 saturated heterocycles. The monoisotopic (exact) mass is 283 g/mol. The quantitative estimate of drug-likeness (QED) is 0.807. The van der Waals surface area contributed by atoms with Crippen molar-refractivity contribution in [1.29, 1.82) is 0 Å². The number of aromatic nitrogens is 1. The molecular weight excluding hydrogens is 258 g/mol. The van der Waals surface area contributed by atoms with Crippen molar-refractivity contribution in [3.05, 3.63) is 11.1 Å². The van der Waals surface area contributed by atoms with E-state index in [2.05, 4.69) is 38.0 Å². The third-order valence-corrected chi connectivity index (χ3v) is 3.75. The van der Waals surface area contributed by atoms with Crippen LogP contribution in [0.25, 0.3) is 0 Å². The molecular formula is C14H25N3OS. The van der Waals surface area contributed by atoms with Crippen LogP contribution in [0, 0.1) is 11.8 Å². The summed E-state index contributed by atoms with van der Waals surface area (Å²) in [5.41, 5.74) is 6.74. The van der Waals surface area contributed by atoms with Gasteiger partial charge in [0.15, 0.2) is 5.13 Å². The summed E-state index contributed by atoms with van der Waals surface area (Å²) in [5, 5.41) is 5.55. The van der Waals surface area contributed by atoms with Crippen LogP contribution in [0.3, 0.4) is 0 Å². The molecule has 0 aromatic carbocycles. The van der Waals surface area contributed by atoms with Crippen molar-refractivity contribution < 1.29 is 4.79 Å². The van der Waals surface area contributed by atoms with Crippen molar-refractivity contribution in [2.45, 2.75) is 46.5 Å². The molecule has 4 nitrogen and oxygen atoms in total. The lowest BCUT2D eigenvalue weighted by Crippen LogP contribution is -2.23. The van der Waals surface area contributed by atoms with Crippen molar-refractivity contribution in [3.63, 3.8) is 0 Å². The lowest BCUT2D eigenvalue weighted by Gasteiger charge is -2.15. The minimum Gasteiger partial charge on any atom is -0.330 e. The first-order valence-corrected chi connectivity index (χ1v) is 7.75. The van der Waals surface area contributed by atoms with Crippen LogP contribution in [0.1, 0.15) is 52.1 Å². The molecule has 0 unspecified atom stereocenters. The molecule has 5 heteroatoms. The average Bonchev–Trinajstić information content (AvgIpc) is 2.75. The maximum atomic E-state index is 11.9. The van der Waals surface area contributed by atoms with Crippen LogP contribution in [0.15, 0.2) is 5.38 Å². The third-order valence-electron chi connectivity index (χ3n) is 2.97. The van der Waals surface area contributed by atoms with Gasteiger partial charge in [-0.25, -0.2) is 4.98 Å². The van der Waals surface area contributed by atoms with Crippen LogP contribution in [0.5, 0.6) is 0 Å². The summed E-state index contributed by atoms with van der Waals surface area (Å²) >= 11 is 1.48. The smallest absolute Gasteiger partial charge is 0.226 e. The third kappa shape index (κ3) is 5.70. The van der Waals surface area contributed by atoms with Crippen molar-refractivity contribution >= 4 is 22.4 Å². The van der Waals surface area contributed by atoms with Crippen LogP contribution < -0.4 is 11.1 Å². The van der Waals surface area contributed by atoms with Gasteiger partial charge in [-0.1, -0.05) is 27.7 Å². The predicted molar refractivity (Wildman–Crippen MR) is 81.4 cm³/mol. The lowest BCUT2D eigenvalue weighted by molar-refractivity contribution is -0.117. The summed E-state index contributed by atoms with van der Waals surface area (Å²) in [5.74, 6) is 1.22. The molecule has 1 rings (SSSR count). The number of amides is 1. The molecule has 0 aliphatic carbocycles. The second-order valence-electron chi connectivity index (χ2n) is 5.72. The van der Waals surface area contributed by atoms with Gasteiger partial charge in [-0.2, -0.15) is 0 Å². The molecule has 108 valence electrons. The molecule has 0 saturated carbocycles. The Morgan fingerprint density at radius 3 is 2.58 bits per heavy atom. The minimum absolute atomic E-state index is 0.0146. The van der Waals surface area contributed by atoms with Gasteiger partial charge in [0.05, 0.1) is 5.69 Å². The van der Waals surface area contributed by atoms with Crippen molar-refractivity contribution in [3.8, 4) is 0 Å². The summed E-state index contributed by atoms with van der Waals surface area (Å²) in [6.45, 7) is 9.04. The number of rotatable bonds is 7. The van der Waals surface area contributed by atoms with E-state index in [9.17, 15) is 4.79 Å². The summed E-state index contributed by atoms with van der Waals surface area (Å²) in [7, 11) is 0. The number of carbonyl (C=O) groups excluding carboxylic acids is 1. The molecule has 1 amide bonds. The van der Waals surface area contributed by atoms with E-state index < -0.39 is 0 Å². The summed E-state index contributed by atoms with van der Waals surface area (Å²) in [6, 6.07) is 0. The summed E-state index contributed by atoms with van der Waals surface area (Å²) in [6.07, 6.45) is 1.46. The van der Waals surface area contributed by atoms with Crippen molar-refractivity contribution in [2.24, 2.45) is 17.6 Å². The van der Waals surface area contributed by atoms with E-state index in [1.807, 2.05) is 5.38 Å². The fourth-order valence-electron chi connectivity index (χ4n) is 1.97. The maximum Gasteiger partial charge on any atom is 0.226 e. The zero-order valence-electron chi connectivity index (χ0n) is 12.3. The number of hydrogen-bond acceptors (Lipinski definition) is 4. The molecule has 1 atom stereocenters. The fraction of sp³-hybridized carbons (Fsp3) is 0.714. The van der Waals surface area contributed by atoms with E-state index in [-0.39, 0.29) is 11.8 Å². The molecule has 3 N–H and O–H groups in total. The van der Waals surface area contributed by atoms with Crippen LogP contribution >= 0.6 is 11.3 Å². The van der Waals surface area contributed by atoms with Crippen LogP contribution in [-0.4, -0.2) is 17.4 Å². The largest absolute Gasteiger partial charge is 0.330 e. The van der Waals surface area contributed by atoms with E-state index in [4.69, 9.17) is 5.73 Å². The van der Waals surface area contributed by atoms with Gasteiger partial charge in [-0.15, -0.1) is 11.3 Å². The molecule has 0 fully saturated rings. The Morgan fingerprint density at radius 1 is 1.42 bits per heavy atom. The Balaban J connectivity index is 2.49. The Hall–Kier alpha value is -0.940. The molecule has 1 aromatic rings. The highest BCUT2D eigenvalue weighted by atomic mass is 32.1.